The van der Waals surface area contributed by atoms with Crippen molar-refractivity contribution in [2.75, 3.05) is 0 Å². The molecule has 50 valence electrons. The average molecular weight is 142 g/mol. The van der Waals surface area contributed by atoms with Crippen LogP contribution in [0.5, 0.6) is 0 Å². The highest BCUT2D eigenvalue weighted by Crippen LogP contribution is 2.44. The zero-order chi connectivity index (χ0) is 6.43. The Morgan fingerprint density at radius 1 is 1.44 bits per heavy atom. The fourth-order valence-electron chi connectivity index (χ4n) is 2.04. The normalized spacial score (nSPS) is 48.6. The summed E-state index contributed by atoms with van der Waals surface area (Å²) in [6, 6.07) is 0. The molecule has 9 heavy (non-hydrogen) atoms. The van der Waals surface area contributed by atoms with Crippen molar-refractivity contribution in [3.63, 3.8) is 0 Å². The van der Waals surface area contributed by atoms with Crippen LogP contribution in [-0.4, -0.2) is 11.0 Å². The van der Waals surface area contributed by atoms with Crippen LogP contribution >= 0.6 is 12.6 Å². The first-order valence-electron chi connectivity index (χ1n) is 3.51. The molecule has 0 heterocycles. The lowest BCUT2D eigenvalue weighted by atomic mass is 9.99. The summed E-state index contributed by atoms with van der Waals surface area (Å²) in [5, 5.41) is 0.101. The number of hydrogen-bond acceptors (Lipinski definition) is 2. The molecule has 3 atom stereocenters. The standard InChI is InChI=1S/C7H10OS/c8-6-4-1-2-5(3-4)7(6)9/h4-5,7,9H,1-3H2. The molecule has 2 saturated carbocycles. The van der Waals surface area contributed by atoms with Gasteiger partial charge in [0.05, 0.1) is 5.25 Å². The van der Waals surface area contributed by atoms with Crippen molar-refractivity contribution in [1.82, 2.24) is 0 Å². The van der Waals surface area contributed by atoms with Crippen LogP contribution in [0.4, 0.5) is 0 Å². The quantitative estimate of drug-likeness (QED) is 0.504. The first kappa shape index (κ1) is 5.78. The van der Waals surface area contributed by atoms with Crippen LogP contribution in [0.25, 0.3) is 0 Å². The number of fused-ring (bicyclic) bond motifs is 2. The maximum Gasteiger partial charge on any atom is 0.148 e. The van der Waals surface area contributed by atoms with Crippen LogP contribution in [0, 0.1) is 11.8 Å². The summed E-state index contributed by atoms with van der Waals surface area (Å²) < 4.78 is 0. The molecule has 2 aliphatic carbocycles. The Bertz CT molecular complexity index is 151. The van der Waals surface area contributed by atoms with Crippen molar-refractivity contribution < 1.29 is 4.79 Å². The molecule has 2 fully saturated rings. The number of carbonyl (C=O) groups is 1. The molecule has 0 aliphatic heterocycles. The summed E-state index contributed by atoms with van der Waals surface area (Å²) >= 11 is 4.24. The molecule has 1 nitrogen and oxygen atoms in total. The van der Waals surface area contributed by atoms with Crippen LogP contribution in [0.15, 0.2) is 0 Å². The van der Waals surface area contributed by atoms with Gasteiger partial charge >= 0.3 is 0 Å². The smallest absolute Gasteiger partial charge is 0.148 e. The SMILES string of the molecule is O=C1C2CCC(C2)C1S. The molecule has 0 aromatic heterocycles. The Morgan fingerprint density at radius 3 is 2.56 bits per heavy atom. The third-order valence-electron chi connectivity index (χ3n) is 2.61. The first-order valence-corrected chi connectivity index (χ1v) is 4.02. The molecule has 2 rings (SSSR count). The largest absolute Gasteiger partial charge is 0.298 e. The highest BCUT2D eigenvalue weighted by atomic mass is 32.1. The van der Waals surface area contributed by atoms with E-state index in [1.54, 1.807) is 0 Å². The second kappa shape index (κ2) is 1.75. The topological polar surface area (TPSA) is 17.1 Å². The van der Waals surface area contributed by atoms with Gasteiger partial charge in [-0.05, 0) is 25.2 Å². The Hall–Kier alpha value is 0.0200. The minimum Gasteiger partial charge on any atom is -0.298 e. The maximum absolute atomic E-state index is 11.1. The Morgan fingerprint density at radius 2 is 2.22 bits per heavy atom. The third kappa shape index (κ3) is 0.658. The van der Waals surface area contributed by atoms with Gasteiger partial charge in [-0.15, -0.1) is 0 Å². The fourth-order valence-corrected chi connectivity index (χ4v) is 2.52. The average Bonchev–Trinajstić information content (AvgIpc) is 2.37. The molecule has 0 aromatic carbocycles. The molecule has 0 amide bonds. The fraction of sp³-hybridized carbons (Fsp3) is 0.857. The molecule has 0 N–H and O–H groups in total. The molecule has 3 unspecified atom stereocenters. The number of hydrogen-bond donors (Lipinski definition) is 1. The summed E-state index contributed by atoms with van der Waals surface area (Å²) in [6.45, 7) is 0. The van der Waals surface area contributed by atoms with E-state index in [2.05, 4.69) is 12.6 Å². The number of ketones is 1. The second-order valence-electron chi connectivity index (χ2n) is 3.12. The lowest BCUT2D eigenvalue weighted by molar-refractivity contribution is -0.121. The van der Waals surface area contributed by atoms with Gasteiger partial charge in [0.25, 0.3) is 0 Å². The van der Waals surface area contributed by atoms with Crippen LogP contribution in [0.2, 0.25) is 0 Å². The molecule has 0 radical (unpaired) electrons. The van der Waals surface area contributed by atoms with Crippen molar-refractivity contribution in [2.45, 2.75) is 24.5 Å². The highest BCUT2D eigenvalue weighted by Gasteiger charge is 2.44. The van der Waals surface area contributed by atoms with Gasteiger partial charge in [0, 0.05) is 5.92 Å². The van der Waals surface area contributed by atoms with Crippen molar-refractivity contribution in [3.8, 4) is 0 Å². The third-order valence-corrected chi connectivity index (χ3v) is 3.29. The van der Waals surface area contributed by atoms with E-state index in [1.807, 2.05) is 0 Å². The first-order chi connectivity index (χ1) is 4.29. The van der Waals surface area contributed by atoms with Crippen LogP contribution in [-0.2, 0) is 4.79 Å². The Balaban J connectivity index is 2.25. The summed E-state index contributed by atoms with van der Waals surface area (Å²) in [5.41, 5.74) is 0. The van der Waals surface area contributed by atoms with E-state index in [0.717, 1.165) is 12.8 Å². The zero-order valence-corrected chi connectivity index (χ0v) is 6.10. The molecular weight excluding hydrogens is 132 g/mol. The Labute approximate surface area is 60.2 Å². The van der Waals surface area contributed by atoms with Crippen LogP contribution in [0.3, 0.4) is 0 Å². The van der Waals surface area contributed by atoms with E-state index in [0.29, 0.717) is 17.6 Å². The van der Waals surface area contributed by atoms with Crippen molar-refractivity contribution in [1.29, 1.82) is 0 Å². The summed E-state index contributed by atoms with van der Waals surface area (Å²) in [4.78, 5) is 11.1. The highest BCUT2D eigenvalue weighted by molar-refractivity contribution is 7.81. The second-order valence-corrected chi connectivity index (χ2v) is 3.67. The number of rotatable bonds is 0. The number of thiol groups is 1. The van der Waals surface area contributed by atoms with Crippen molar-refractivity contribution in [3.05, 3.63) is 0 Å². The molecule has 0 saturated heterocycles. The van der Waals surface area contributed by atoms with Gasteiger partial charge in [-0.2, -0.15) is 12.6 Å². The van der Waals surface area contributed by atoms with Gasteiger partial charge in [0.1, 0.15) is 5.78 Å². The van der Waals surface area contributed by atoms with Crippen molar-refractivity contribution >= 4 is 18.4 Å². The van der Waals surface area contributed by atoms with Gasteiger partial charge in [0.2, 0.25) is 0 Å². The van der Waals surface area contributed by atoms with Gasteiger partial charge in [-0.3, -0.25) is 4.79 Å². The van der Waals surface area contributed by atoms with Gasteiger partial charge in [0.15, 0.2) is 0 Å². The van der Waals surface area contributed by atoms with Crippen molar-refractivity contribution in [2.24, 2.45) is 11.8 Å². The van der Waals surface area contributed by atoms with E-state index >= 15 is 0 Å². The summed E-state index contributed by atoms with van der Waals surface area (Å²) in [6.07, 6.45) is 3.51. The zero-order valence-electron chi connectivity index (χ0n) is 5.21. The van der Waals surface area contributed by atoms with Gasteiger partial charge < -0.3 is 0 Å². The molecular formula is C7H10OS. The Kier molecular flexibility index (Phi) is 1.12. The summed E-state index contributed by atoms with van der Waals surface area (Å²) in [7, 11) is 0. The van der Waals surface area contributed by atoms with E-state index in [4.69, 9.17) is 0 Å². The van der Waals surface area contributed by atoms with Crippen LogP contribution < -0.4 is 0 Å². The minimum absolute atomic E-state index is 0.101. The predicted octanol–water partition coefficient (Wildman–Crippen LogP) is 1.28. The number of Topliss-reactive ketones (excluding diaryl/α,β-unsaturated/α-hetero) is 1. The van der Waals surface area contributed by atoms with Gasteiger partial charge in [-0.1, -0.05) is 0 Å². The summed E-state index contributed by atoms with van der Waals surface area (Å²) in [5.74, 6) is 1.44. The van der Waals surface area contributed by atoms with Crippen LogP contribution in [0.1, 0.15) is 19.3 Å². The predicted molar refractivity (Wildman–Crippen MR) is 38.6 cm³/mol. The number of carbonyl (C=O) groups excluding carboxylic acids is 1. The van der Waals surface area contributed by atoms with Gasteiger partial charge in [-0.25, -0.2) is 0 Å². The molecule has 2 bridgehead atoms. The van der Waals surface area contributed by atoms with E-state index < -0.39 is 0 Å². The minimum atomic E-state index is 0.101. The maximum atomic E-state index is 11.1. The monoisotopic (exact) mass is 142 g/mol. The van der Waals surface area contributed by atoms with E-state index in [9.17, 15) is 4.79 Å². The lowest BCUT2D eigenvalue weighted by Gasteiger charge is -2.13. The molecule has 2 heteroatoms. The molecule has 2 aliphatic rings. The molecule has 0 aromatic rings. The lowest BCUT2D eigenvalue weighted by Crippen LogP contribution is -2.21. The van der Waals surface area contributed by atoms with E-state index in [-0.39, 0.29) is 5.25 Å². The molecule has 0 spiro atoms. The van der Waals surface area contributed by atoms with E-state index in [1.165, 1.54) is 6.42 Å².